The molecular formula is C31H38ClN3O5S. The Bertz CT molecular complexity index is 1430. The van der Waals surface area contributed by atoms with E-state index >= 15 is 0 Å². The van der Waals surface area contributed by atoms with Gasteiger partial charge in [-0.3, -0.25) is 13.9 Å². The Kier molecular flexibility index (Phi) is 11.2. The number of carbonyl (C=O) groups excluding carboxylic acids is 2. The number of halogens is 1. The summed E-state index contributed by atoms with van der Waals surface area (Å²) in [5, 5.41) is 3.42. The number of sulfonamides is 1. The number of nitrogens with one attached hydrogen (secondary N) is 1. The van der Waals surface area contributed by atoms with Crippen LogP contribution in [0.3, 0.4) is 0 Å². The highest BCUT2D eigenvalue weighted by Gasteiger charge is 2.33. The lowest BCUT2D eigenvalue weighted by molar-refractivity contribution is -0.139. The molecule has 0 saturated heterocycles. The largest absolute Gasteiger partial charge is 0.492 e. The number of carbonyl (C=O) groups is 2. The summed E-state index contributed by atoms with van der Waals surface area (Å²) >= 11 is 6.06. The maximum atomic E-state index is 14.1. The summed E-state index contributed by atoms with van der Waals surface area (Å²) in [6.45, 7) is 9.54. The van der Waals surface area contributed by atoms with Crippen LogP contribution in [0, 0.1) is 12.8 Å². The van der Waals surface area contributed by atoms with Crippen molar-refractivity contribution in [3.05, 3.63) is 88.9 Å². The lowest BCUT2D eigenvalue weighted by atomic mass is 10.1. The van der Waals surface area contributed by atoms with Crippen LogP contribution in [0.1, 0.15) is 38.8 Å². The average Bonchev–Trinajstić information content (AvgIpc) is 2.94. The first-order valence-corrected chi connectivity index (χ1v) is 15.4. The van der Waals surface area contributed by atoms with Crippen molar-refractivity contribution in [2.24, 2.45) is 5.92 Å². The molecule has 0 aromatic heterocycles. The van der Waals surface area contributed by atoms with Crippen LogP contribution >= 0.6 is 11.6 Å². The maximum absolute atomic E-state index is 14.1. The molecular weight excluding hydrogens is 562 g/mol. The van der Waals surface area contributed by atoms with Gasteiger partial charge in [0.15, 0.2) is 0 Å². The fourth-order valence-electron chi connectivity index (χ4n) is 4.11. The van der Waals surface area contributed by atoms with E-state index in [0.29, 0.717) is 23.9 Å². The van der Waals surface area contributed by atoms with Gasteiger partial charge in [0.2, 0.25) is 11.8 Å². The highest BCUT2D eigenvalue weighted by molar-refractivity contribution is 7.92. The molecule has 0 heterocycles. The first-order valence-electron chi connectivity index (χ1n) is 13.6. The standard InChI is InChI=1S/C31H38ClN3O5S/c1-6-40-29-10-8-7-9-28(29)35(41(38,39)27-17-11-23(4)12-18-27)21-30(36)34(20-25-13-15-26(32)16-14-25)24(5)31(37)33-19-22(2)3/h7-18,22,24H,6,19-21H2,1-5H3,(H,33,37). The van der Waals surface area contributed by atoms with E-state index < -0.39 is 28.5 Å². The van der Waals surface area contributed by atoms with Gasteiger partial charge in [-0.1, -0.05) is 67.4 Å². The van der Waals surface area contributed by atoms with Crippen molar-refractivity contribution in [3.8, 4) is 5.75 Å². The number of amides is 2. The van der Waals surface area contributed by atoms with Crippen molar-refractivity contribution in [2.45, 2.75) is 52.1 Å². The lowest BCUT2D eigenvalue weighted by Gasteiger charge is -2.32. The number of hydrogen-bond acceptors (Lipinski definition) is 5. The van der Waals surface area contributed by atoms with E-state index in [4.69, 9.17) is 16.3 Å². The molecule has 0 radical (unpaired) electrons. The molecule has 3 rings (SSSR count). The normalized spacial score (nSPS) is 12.1. The molecule has 0 bridgehead atoms. The van der Waals surface area contributed by atoms with Gasteiger partial charge < -0.3 is 15.0 Å². The number of hydrogen-bond donors (Lipinski definition) is 1. The van der Waals surface area contributed by atoms with Gasteiger partial charge in [-0.2, -0.15) is 0 Å². The summed E-state index contributed by atoms with van der Waals surface area (Å²) in [4.78, 5) is 28.6. The van der Waals surface area contributed by atoms with Crippen molar-refractivity contribution in [1.29, 1.82) is 0 Å². The number of anilines is 1. The van der Waals surface area contributed by atoms with Gasteiger partial charge in [0, 0.05) is 18.1 Å². The third kappa shape index (κ3) is 8.47. The molecule has 0 aliphatic rings. The van der Waals surface area contributed by atoms with Crippen molar-refractivity contribution < 1.29 is 22.7 Å². The molecule has 0 spiro atoms. The minimum absolute atomic E-state index is 0.0363. The number of aryl methyl sites for hydroxylation is 1. The van der Waals surface area contributed by atoms with E-state index in [9.17, 15) is 18.0 Å². The maximum Gasteiger partial charge on any atom is 0.264 e. The second-order valence-corrected chi connectivity index (χ2v) is 12.5. The summed E-state index contributed by atoms with van der Waals surface area (Å²) in [6, 6.07) is 19.2. The Morgan fingerprint density at radius 1 is 0.951 bits per heavy atom. The first kappa shape index (κ1) is 32.0. The molecule has 8 nitrogen and oxygen atoms in total. The minimum Gasteiger partial charge on any atom is -0.492 e. The number of nitrogens with zero attached hydrogens (tertiary/aromatic N) is 2. The zero-order valence-electron chi connectivity index (χ0n) is 24.1. The molecule has 1 atom stereocenters. The third-order valence-electron chi connectivity index (χ3n) is 6.44. The fourth-order valence-corrected chi connectivity index (χ4v) is 5.66. The monoisotopic (exact) mass is 599 g/mol. The van der Waals surface area contributed by atoms with Crippen LogP contribution in [0.4, 0.5) is 5.69 Å². The summed E-state index contributed by atoms with van der Waals surface area (Å²) in [5.74, 6) is -0.333. The van der Waals surface area contributed by atoms with E-state index in [2.05, 4.69) is 5.32 Å². The Morgan fingerprint density at radius 3 is 2.20 bits per heavy atom. The fraction of sp³-hybridized carbons (Fsp3) is 0.355. The highest BCUT2D eigenvalue weighted by atomic mass is 35.5. The first-order chi connectivity index (χ1) is 19.4. The Balaban J connectivity index is 2.06. The van der Waals surface area contributed by atoms with E-state index in [0.717, 1.165) is 15.4 Å². The van der Waals surface area contributed by atoms with Crippen molar-refractivity contribution in [3.63, 3.8) is 0 Å². The lowest BCUT2D eigenvalue weighted by Crippen LogP contribution is -2.51. The third-order valence-corrected chi connectivity index (χ3v) is 8.47. The van der Waals surface area contributed by atoms with Gasteiger partial charge in [-0.15, -0.1) is 0 Å². The zero-order chi connectivity index (χ0) is 30.2. The van der Waals surface area contributed by atoms with Gasteiger partial charge in [0.1, 0.15) is 18.3 Å². The predicted octanol–water partition coefficient (Wildman–Crippen LogP) is 5.43. The number of rotatable bonds is 13. The summed E-state index contributed by atoms with van der Waals surface area (Å²) in [5.41, 5.74) is 1.87. The average molecular weight is 600 g/mol. The van der Waals surface area contributed by atoms with Crippen LogP contribution in [0.15, 0.2) is 77.7 Å². The predicted molar refractivity (Wildman–Crippen MR) is 163 cm³/mol. The topological polar surface area (TPSA) is 96.0 Å². The molecule has 3 aromatic carbocycles. The van der Waals surface area contributed by atoms with Gasteiger partial charge in [0.05, 0.1) is 17.2 Å². The summed E-state index contributed by atoms with van der Waals surface area (Å²) in [7, 11) is -4.20. The molecule has 2 amide bonds. The second kappa shape index (κ2) is 14.4. The Morgan fingerprint density at radius 2 is 1.59 bits per heavy atom. The Hall–Kier alpha value is -3.56. The smallest absolute Gasteiger partial charge is 0.264 e. The van der Waals surface area contributed by atoms with E-state index in [1.807, 2.05) is 20.8 Å². The van der Waals surface area contributed by atoms with Crippen LogP contribution in [-0.2, 0) is 26.2 Å². The number of ether oxygens (including phenoxy) is 1. The van der Waals surface area contributed by atoms with E-state index in [1.54, 1.807) is 74.5 Å². The molecule has 1 N–H and O–H groups in total. The SMILES string of the molecule is CCOc1ccccc1N(CC(=O)N(Cc1ccc(Cl)cc1)C(C)C(=O)NCC(C)C)S(=O)(=O)c1ccc(C)cc1. The molecule has 3 aromatic rings. The molecule has 0 aliphatic heterocycles. The van der Waals surface area contributed by atoms with Crippen LogP contribution in [0.25, 0.3) is 0 Å². The van der Waals surface area contributed by atoms with Crippen LogP contribution in [0.2, 0.25) is 5.02 Å². The highest BCUT2D eigenvalue weighted by Crippen LogP contribution is 2.33. The molecule has 41 heavy (non-hydrogen) atoms. The molecule has 1 unspecified atom stereocenters. The van der Waals surface area contributed by atoms with Gasteiger partial charge in [-0.25, -0.2) is 8.42 Å². The van der Waals surface area contributed by atoms with Crippen molar-refractivity contribution in [2.75, 3.05) is 24.0 Å². The van der Waals surface area contributed by atoms with Gasteiger partial charge >= 0.3 is 0 Å². The summed E-state index contributed by atoms with van der Waals surface area (Å²) < 4.78 is 34.9. The Labute approximate surface area is 248 Å². The quantitative estimate of drug-likeness (QED) is 0.283. The van der Waals surface area contributed by atoms with E-state index in [1.165, 1.54) is 17.0 Å². The molecule has 0 saturated carbocycles. The minimum atomic E-state index is -4.20. The molecule has 0 aliphatic carbocycles. The van der Waals surface area contributed by atoms with Crippen molar-refractivity contribution in [1.82, 2.24) is 10.2 Å². The van der Waals surface area contributed by atoms with Gasteiger partial charge in [-0.05, 0) is 68.7 Å². The molecule has 10 heteroatoms. The van der Waals surface area contributed by atoms with Crippen LogP contribution in [-0.4, -0.2) is 50.9 Å². The van der Waals surface area contributed by atoms with Crippen LogP contribution in [0.5, 0.6) is 5.75 Å². The zero-order valence-corrected chi connectivity index (χ0v) is 25.7. The summed E-state index contributed by atoms with van der Waals surface area (Å²) in [6.07, 6.45) is 0. The van der Waals surface area contributed by atoms with Crippen LogP contribution < -0.4 is 14.4 Å². The molecule has 220 valence electrons. The van der Waals surface area contributed by atoms with Crippen molar-refractivity contribution >= 4 is 39.1 Å². The number of benzene rings is 3. The van der Waals surface area contributed by atoms with E-state index in [-0.39, 0.29) is 29.0 Å². The molecule has 0 fully saturated rings. The number of para-hydroxylation sites is 2. The second-order valence-electron chi connectivity index (χ2n) is 10.2. The van der Waals surface area contributed by atoms with Gasteiger partial charge in [0.25, 0.3) is 10.0 Å².